The summed E-state index contributed by atoms with van der Waals surface area (Å²) >= 11 is 0. The SMILES string of the molecule is Cc1ccc(NS(=O)(=O)c2ccc(N/N=C/c3ccc(N(C)C)cc3)c([N+](=O)[O-])c2)c(C)c1. The van der Waals surface area contributed by atoms with Crippen molar-refractivity contribution in [2.24, 2.45) is 5.10 Å². The third-order valence-electron chi connectivity index (χ3n) is 4.91. The number of nitrogens with one attached hydrogen (secondary N) is 2. The average molecular weight is 468 g/mol. The van der Waals surface area contributed by atoms with Crippen LogP contribution in [0.5, 0.6) is 0 Å². The summed E-state index contributed by atoms with van der Waals surface area (Å²) in [6.07, 6.45) is 1.52. The molecule has 0 aliphatic rings. The molecule has 0 aliphatic heterocycles. The van der Waals surface area contributed by atoms with E-state index in [2.05, 4.69) is 15.2 Å². The van der Waals surface area contributed by atoms with E-state index in [1.54, 1.807) is 19.1 Å². The standard InChI is InChI=1S/C23H25N5O4S/c1-16-5-11-21(17(2)13-16)26-33(31,32)20-10-12-22(23(14-20)28(29)30)25-24-15-18-6-8-19(9-7-18)27(3)4/h5-15,25-26H,1-4H3/b24-15+. The Morgan fingerprint density at radius 3 is 2.24 bits per heavy atom. The molecule has 0 bridgehead atoms. The Labute approximate surface area is 193 Å². The third kappa shape index (κ3) is 5.86. The van der Waals surface area contributed by atoms with Gasteiger partial charge in [0.25, 0.3) is 15.7 Å². The van der Waals surface area contributed by atoms with Crippen LogP contribution in [0.4, 0.5) is 22.7 Å². The molecular weight excluding hydrogens is 442 g/mol. The highest BCUT2D eigenvalue weighted by Crippen LogP contribution is 2.29. The average Bonchev–Trinajstić information content (AvgIpc) is 2.76. The normalized spacial score (nSPS) is 11.4. The second kappa shape index (κ2) is 9.70. The molecule has 10 heteroatoms. The lowest BCUT2D eigenvalue weighted by Gasteiger charge is -2.12. The highest BCUT2D eigenvalue weighted by Gasteiger charge is 2.22. The number of nitrogens with zero attached hydrogens (tertiary/aromatic N) is 3. The van der Waals surface area contributed by atoms with E-state index in [0.29, 0.717) is 5.69 Å². The van der Waals surface area contributed by atoms with Crippen LogP contribution in [0.2, 0.25) is 0 Å². The van der Waals surface area contributed by atoms with Gasteiger partial charge in [-0.1, -0.05) is 29.8 Å². The number of sulfonamides is 1. The van der Waals surface area contributed by atoms with Gasteiger partial charge in [0.2, 0.25) is 0 Å². The van der Waals surface area contributed by atoms with Crippen molar-refractivity contribution in [2.45, 2.75) is 18.7 Å². The number of anilines is 3. The minimum atomic E-state index is -4.02. The summed E-state index contributed by atoms with van der Waals surface area (Å²) in [5.74, 6) is 0. The van der Waals surface area contributed by atoms with Crippen molar-refractivity contribution in [3.05, 3.63) is 87.5 Å². The molecule has 0 aromatic heterocycles. The van der Waals surface area contributed by atoms with Gasteiger partial charge in [-0.3, -0.25) is 20.3 Å². The van der Waals surface area contributed by atoms with E-state index < -0.39 is 20.6 Å². The van der Waals surface area contributed by atoms with E-state index in [-0.39, 0.29) is 10.6 Å². The first kappa shape index (κ1) is 23.7. The number of hydrogen-bond acceptors (Lipinski definition) is 7. The molecular formula is C23H25N5O4S. The van der Waals surface area contributed by atoms with Gasteiger partial charge in [0.05, 0.1) is 21.7 Å². The largest absolute Gasteiger partial charge is 0.378 e. The molecule has 0 fully saturated rings. The van der Waals surface area contributed by atoms with Crippen molar-refractivity contribution < 1.29 is 13.3 Å². The van der Waals surface area contributed by atoms with Gasteiger partial charge >= 0.3 is 0 Å². The van der Waals surface area contributed by atoms with Crippen LogP contribution in [0.25, 0.3) is 0 Å². The number of nitro benzene ring substituents is 1. The highest BCUT2D eigenvalue weighted by atomic mass is 32.2. The second-order valence-corrected chi connectivity index (χ2v) is 9.40. The summed E-state index contributed by atoms with van der Waals surface area (Å²) in [7, 11) is -0.149. The smallest absolute Gasteiger partial charge is 0.295 e. The monoisotopic (exact) mass is 467 g/mol. The molecule has 0 heterocycles. The fourth-order valence-corrected chi connectivity index (χ4v) is 4.24. The maximum absolute atomic E-state index is 12.8. The molecule has 3 aromatic carbocycles. The Balaban J connectivity index is 1.81. The van der Waals surface area contributed by atoms with Gasteiger partial charge in [0, 0.05) is 25.8 Å². The molecule has 0 amide bonds. The predicted molar refractivity (Wildman–Crippen MR) is 132 cm³/mol. The zero-order valence-electron chi connectivity index (χ0n) is 18.7. The van der Waals surface area contributed by atoms with Crippen molar-refractivity contribution in [3.63, 3.8) is 0 Å². The minimum absolute atomic E-state index is 0.0756. The zero-order valence-corrected chi connectivity index (χ0v) is 19.6. The molecule has 33 heavy (non-hydrogen) atoms. The maximum Gasteiger partial charge on any atom is 0.295 e. The molecule has 9 nitrogen and oxygen atoms in total. The first-order chi connectivity index (χ1) is 15.6. The highest BCUT2D eigenvalue weighted by molar-refractivity contribution is 7.92. The molecule has 2 N–H and O–H groups in total. The van der Waals surface area contributed by atoms with Crippen molar-refractivity contribution >= 4 is 39.0 Å². The number of nitro groups is 1. The summed E-state index contributed by atoms with van der Waals surface area (Å²) in [6, 6.07) is 16.5. The quantitative estimate of drug-likeness (QED) is 0.286. The van der Waals surface area contributed by atoms with Gasteiger partial charge in [0.1, 0.15) is 5.69 Å². The number of hydrazone groups is 1. The van der Waals surface area contributed by atoms with E-state index in [1.165, 1.54) is 18.3 Å². The van der Waals surface area contributed by atoms with Crippen molar-refractivity contribution in [2.75, 3.05) is 29.1 Å². The van der Waals surface area contributed by atoms with Crippen LogP contribution in [0, 0.1) is 24.0 Å². The lowest BCUT2D eigenvalue weighted by Crippen LogP contribution is -2.14. The summed E-state index contributed by atoms with van der Waals surface area (Å²) in [5, 5.41) is 15.6. The minimum Gasteiger partial charge on any atom is -0.378 e. The van der Waals surface area contributed by atoms with E-state index in [9.17, 15) is 18.5 Å². The van der Waals surface area contributed by atoms with Gasteiger partial charge in [0.15, 0.2) is 0 Å². The van der Waals surface area contributed by atoms with E-state index in [1.807, 2.05) is 56.3 Å². The summed E-state index contributed by atoms with van der Waals surface area (Å²) in [4.78, 5) is 12.7. The van der Waals surface area contributed by atoms with Crippen LogP contribution < -0.4 is 15.0 Å². The van der Waals surface area contributed by atoms with Crippen molar-refractivity contribution in [3.8, 4) is 0 Å². The molecule has 0 unspecified atom stereocenters. The molecule has 0 saturated carbocycles. The van der Waals surface area contributed by atoms with Crippen LogP contribution in [-0.2, 0) is 10.0 Å². The Morgan fingerprint density at radius 1 is 0.970 bits per heavy atom. The zero-order chi connectivity index (χ0) is 24.2. The Hall–Kier alpha value is -3.92. The second-order valence-electron chi connectivity index (χ2n) is 7.72. The number of hydrogen-bond donors (Lipinski definition) is 2. The van der Waals surface area contributed by atoms with E-state index in [0.717, 1.165) is 28.4 Å². The van der Waals surface area contributed by atoms with Crippen molar-refractivity contribution in [1.82, 2.24) is 0 Å². The maximum atomic E-state index is 12.8. The molecule has 3 rings (SSSR count). The molecule has 0 saturated heterocycles. The summed E-state index contributed by atoms with van der Waals surface area (Å²) in [5.41, 5.74) is 6.28. The summed E-state index contributed by atoms with van der Waals surface area (Å²) < 4.78 is 28.1. The van der Waals surface area contributed by atoms with Gasteiger partial charge < -0.3 is 4.90 Å². The topological polar surface area (TPSA) is 117 Å². The third-order valence-corrected chi connectivity index (χ3v) is 6.27. The first-order valence-corrected chi connectivity index (χ1v) is 11.5. The van der Waals surface area contributed by atoms with E-state index in [4.69, 9.17) is 0 Å². The fraction of sp³-hybridized carbons (Fsp3) is 0.174. The van der Waals surface area contributed by atoms with Gasteiger partial charge in [-0.2, -0.15) is 5.10 Å². The van der Waals surface area contributed by atoms with Crippen LogP contribution in [0.3, 0.4) is 0 Å². The molecule has 3 aromatic rings. The number of rotatable bonds is 8. The Bertz CT molecular complexity index is 1300. The van der Waals surface area contributed by atoms with Crippen LogP contribution in [0.15, 0.2) is 70.7 Å². The predicted octanol–water partition coefficient (Wildman–Crippen LogP) is 4.52. The molecule has 172 valence electrons. The molecule has 0 aliphatic carbocycles. The first-order valence-electron chi connectivity index (χ1n) is 10.0. The molecule has 0 spiro atoms. The van der Waals surface area contributed by atoms with E-state index >= 15 is 0 Å². The number of benzene rings is 3. The molecule has 0 radical (unpaired) electrons. The van der Waals surface area contributed by atoms with Crippen LogP contribution in [-0.4, -0.2) is 33.7 Å². The Kier molecular flexibility index (Phi) is 6.98. The molecule has 0 atom stereocenters. The van der Waals surface area contributed by atoms with Crippen LogP contribution >= 0.6 is 0 Å². The van der Waals surface area contributed by atoms with Gasteiger partial charge in [-0.15, -0.1) is 0 Å². The Morgan fingerprint density at radius 2 is 1.64 bits per heavy atom. The van der Waals surface area contributed by atoms with Crippen LogP contribution in [0.1, 0.15) is 16.7 Å². The summed E-state index contributed by atoms with van der Waals surface area (Å²) in [6.45, 7) is 3.69. The lowest BCUT2D eigenvalue weighted by molar-refractivity contribution is -0.384. The number of aryl methyl sites for hydroxylation is 2. The van der Waals surface area contributed by atoms with Gasteiger partial charge in [-0.05, 0) is 55.3 Å². The lowest BCUT2D eigenvalue weighted by atomic mass is 10.1. The van der Waals surface area contributed by atoms with Crippen molar-refractivity contribution in [1.29, 1.82) is 0 Å². The fourth-order valence-electron chi connectivity index (χ4n) is 3.09. The van der Waals surface area contributed by atoms with Gasteiger partial charge in [-0.25, -0.2) is 8.42 Å².